The zero-order valence-corrected chi connectivity index (χ0v) is 11.7. The monoisotopic (exact) mass is 264 g/mol. The van der Waals surface area contributed by atoms with Crippen LogP contribution >= 0.6 is 0 Å². The van der Waals surface area contributed by atoms with Gasteiger partial charge in [0.15, 0.2) is 0 Å². The van der Waals surface area contributed by atoms with E-state index < -0.39 is 11.4 Å². The Hall–Kier alpha value is -1.06. The van der Waals surface area contributed by atoms with E-state index in [-0.39, 0.29) is 17.4 Å². The van der Waals surface area contributed by atoms with Crippen LogP contribution in [-0.4, -0.2) is 17.9 Å². The number of carboxylic acids is 1. The molecule has 0 aromatic heterocycles. The van der Waals surface area contributed by atoms with Gasteiger partial charge in [-0.25, -0.2) is 0 Å². The number of hydrogen-bond acceptors (Lipinski definition) is 3. The van der Waals surface area contributed by atoms with Crippen LogP contribution in [0.4, 0.5) is 0 Å². The van der Waals surface area contributed by atoms with Crippen LogP contribution in [0.25, 0.3) is 0 Å². The van der Waals surface area contributed by atoms with Gasteiger partial charge in [0, 0.05) is 24.3 Å². The predicted octanol–water partition coefficient (Wildman–Crippen LogP) is 0.847. The van der Waals surface area contributed by atoms with Crippen molar-refractivity contribution in [2.45, 2.75) is 58.4 Å². The lowest BCUT2D eigenvalue weighted by Gasteiger charge is -2.64. The highest BCUT2D eigenvalue weighted by molar-refractivity contribution is 5.74. The molecule has 4 aliphatic carbocycles. The molecule has 4 bridgehead atoms. The zero-order valence-electron chi connectivity index (χ0n) is 11.7. The molecule has 3 atom stereocenters. The van der Waals surface area contributed by atoms with E-state index in [1.54, 1.807) is 0 Å². The van der Waals surface area contributed by atoms with Gasteiger partial charge in [0.2, 0.25) is 5.91 Å². The molecule has 106 valence electrons. The second kappa shape index (κ2) is 3.97. The van der Waals surface area contributed by atoms with Crippen molar-refractivity contribution in [2.24, 2.45) is 22.7 Å². The van der Waals surface area contributed by atoms with E-state index in [4.69, 9.17) is 0 Å². The first-order valence-electron chi connectivity index (χ1n) is 7.34. The highest BCUT2D eigenvalue weighted by Crippen LogP contribution is 2.66. The molecule has 4 heteroatoms. The van der Waals surface area contributed by atoms with Crippen molar-refractivity contribution in [2.75, 3.05) is 0 Å². The van der Waals surface area contributed by atoms with E-state index in [1.165, 1.54) is 13.3 Å². The largest absolute Gasteiger partial charge is 0.550 e. The lowest BCUT2D eigenvalue weighted by atomic mass is 9.43. The normalized spacial score (nSPS) is 44.9. The Bertz CT molecular complexity index is 417. The number of carboxylic acid groups (broad SMARTS) is 1. The van der Waals surface area contributed by atoms with Gasteiger partial charge >= 0.3 is 0 Å². The number of nitrogens with one attached hydrogen (secondary N) is 1. The number of rotatable bonds is 3. The van der Waals surface area contributed by atoms with Gasteiger partial charge in [0.1, 0.15) is 0 Å². The van der Waals surface area contributed by atoms with Crippen molar-refractivity contribution in [3.63, 3.8) is 0 Å². The Morgan fingerprint density at radius 2 is 1.79 bits per heavy atom. The molecule has 4 fully saturated rings. The SMILES string of the molecule is CC(=O)N[C@H](C)C12C[C@@H]3C[C@H](CC(C(=O)[O-])(C3)C1)C2. The predicted molar refractivity (Wildman–Crippen MR) is 67.8 cm³/mol. The van der Waals surface area contributed by atoms with Gasteiger partial charge in [0.25, 0.3) is 0 Å². The van der Waals surface area contributed by atoms with Crippen LogP contribution < -0.4 is 10.4 Å². The average molecular weight is 264 g/mol. The number of aliphatic carboxylic acids is 1. The molecule has 0 heterocycles. The summed E-state index contributed by atoms with van der Waals surface area (Å²) < 4.78 is 0. The van der Waals surface area contributed by atoms with E-state index in [1.807, 2.05) is 6.92 Å². The van der Waals surface area contributed by atoms with Gasteiger partial charge in [-0.05, 0) is 62.7 Å². The second-order valence-electron chi connectivity index (χ2n) is 7.31. The van der Waals surface area contributed by atoms with Gasteiger partial charge < -0.3 is 15.2 Å². The quantitative estimate of drug-likeness (QED) is 0.821. The van der Waals surface area contributed by atoms with Crippen LogP contribution in [0.1, 0.15) is 52.4 Å². The Morgan fingerprint density at radius 1 is 1.21 bits per heavy atom. The Labute approximate surface area is 113 Å². The summed E-state index contributed by atoms with van der Waals surface area (Å²) in [4.78, 5) is 23.0. The molecule has 1 amide bonds. The van der Waals surface area contributed by atoms with Gasteiger partial charge in [-0.3, -0.25) is 4.79 Å². The fourth-order valence-corrected chi connectivity index (χ4v) is 5.54. The van der Waals surface area contributed by atoms with Crippen molar-refractivity contribution in [3.8, 4) is 0 Å². The first-order valence-corrected chi connectivity index (χ1v) is 7.34. The Morgan fingerprint density at radius 3 is 2.26 bits per heavy atom. The summed E-state index contributed by atoms with van der Waals surface area (Å²) in [6.45, 7) is 3.57. The van der Waals surface area contributed by atoms with Crippen molar-refractivity contribution < 1.29 is 14.7 Å². The van der Waals surface area contributed by atoms with Gasteiger partial charge in [-0.2, -0.15) is 0 Å². The van der Waals surface area contributed by atoms with E-state index >= 15 is 0 Å². The molecule has 0 aromatic carbocycles. The van der Waals surface area contributed by atoms with Gasteiger partial charge in [-0.15, -0.1) is 0 Å². The molecular weight excluding hydrogens is 242 g/mol. The van der Waals surface area contributed by atoms with Crippen molar-refractivity contribution in [1.82, 2.24) is 5.32 Å². The van der Waals surface area contributed by atoms with Crippen LogP contribution in [-0.2, 0) is 9.59 Å². The van der Waals surface area contributed by atoms with E-state index in [2.05, 4.69) is 5.32 Å². The van der Waals surface area contributed by atoms with Crippen LogP contribution in [0.2, 0.25) is 0 Å². The van der Waals surface area contributed by atoms with Crippen LogP contribution in [0.5, 0.6) is 0 Å². The summed E-state index contributed by atoms with van der Waals surface area (Å²) in [5, 5.41) is 14.6. The standard InChI is InChI=1S/C15H23NO3/c1-9(16-10(2)17)14-4-11-3-12(5-14)7-15(6-11,8-14)13(18)19/h9,11-12H,3-8H2,1-2H3,(H,16,17)(H,18,19)/p-1/t9-,11+,12+,14?,15?/m1/s1. The molecule has 1 N–H and O–H groups in total. The average Bonchev–Trinajstić information content (AvgIpc) is 2.25. The minimum absolute atomic E-state index is 0.0180. The van der Waals surface area contributed by atoms with Crippen LogP contribution in [0.15, 0.2) is 0 Å². The summed E-state index contributed by atoms with van der Waals surface area (Å²) in [6, 6.07) is 0.0645. The minimum Gasteiger partial charge on any atom is -0.550 e. The third-order valence-electron chi connectivity index (χ3n) is 5.88. The third kappa shape index (κ3) is 1.87. The minimum atomic E-state index is -0.860. The zero-order chi connectivity index (χ0) is 13.8. The van der Waals surface area contributed by atoms with Crippen molar-refractivity contribution in [1.29, 1.82) is 0 Å². The molecular formula is C15H22NO3-. The molecule has 4 rings (SSSR count). The lowest BCUT2D eigenvalue weighted by Crippen LogP contribution is -2.62. The fourth-order valence-electron chi connectivity index (χ4n) is 5.54. The highest BCUT2D eigenvalue weighted by Gasteiger charge is 2.59. The smallest absolute Gasteiger partial charge is 0.217 e. The highest BCUT2D eigenvalue weighted by atomic mass is 16.4. The maximum absolute atomic E-state index is 11.6. The molecule has 0 unspecified atom stereocenters. The van der Waals surface area contributed by atoms with E-state index in [0.29, 0.717) is 18.3 Å². The molecule has 4 saturated carbocycles. The number of amides is 1. The Kier molecular flexibility index (Phi) is 2.70. The van der Waals surface area contributed by atoms with E-state index in [0.717, 1.165) is 25.7 Å². The fraction of sp³-hybridized carbons (Fsp3) is 0.867. The third-order valence-corrected chi connectivity index (χ3v) is 5.88. The number of hydrogen-bond donors (Lipinski definition) is 1. The first kappa shape index (κ1) is 12.9. The molecule has 19 heavy (non-hydrogen) atoms. The summed E-state index contributed by atoms with van der Waals surface area (Å²) in [5.41, 5.74) is -0.632. The maximum Gasteiger partial charge on any atom is 0.217 e. The molecule has 4 nitrogen and oxygen atoms in total. The van der Waals surface area contributed by atoms with Crippen LogP contribution in [0.3, 0.4) is 0 Å². The molecule has 0 radical (unpaired) electrons. The first-order chi connectivity index (χ1) is 8.85. The summed E-state index contributed by atoms with van der Waals surface area (Å²) in [5.74, 6) is 0.137. The van der Waals surface area contributed by atoms with E-state index in [9.17, 15) is 14.7 Å². The topological polar surface area (TPSA) is 69.2 Å². The number of carbonyl (C=O) groups excluding carboxylic acids is 2. The molecule has 4 aliphatic rings. The molecule has 0 spiro atoms. The van der Waals surface area contributed by atoms with Gasteiger partial charge in [0.05, 0.1) is 0 Å². The Balaban J connectivity index is 1.91. The molecule has 0 aliphatic heterocycles. The second-order valence-corrected chi connectivity index (χ2v) is 7.31. The maximum atomic E-state index is 11.6. The molecule has 0 saturated heterocycles. The summed E-state index contributed by atoms with van der Waals surface area (Å²) >= 11 is 0. The van der Waals surface area contributed by atoms with Gasteiger partial charge in [-0.1, -0.05) is 0 Å². The number of carbonyl (C=O) groups is 2. The van der Waals surface area contributed by atoms with Crippen LogP contribution in [0, 0.1) is 22.7 Å². The summed E-state index contributed by atoms with van der Waals surface area (Å²) in [6.07, 6.45) is 5.58. The van der Waals surface area contributed by atoms with Crippen molar-refractivity contribution >= 4 is 11.9 Å². The molecule has 0 aromatic rings. The van der Waals surface area contributed by atoms with Crippen molar-refractivity contribution in [3.05, 3.63) is 0 Å². The lowest BCUT2D eigenvalue weighted by molar-refractivity contribution is -0.330. The summed E-state index contributed by atoms with van der Waals surface area (Å²) in [7, 11) is 0.